The molecule has 3 heterocycles. The molecule has 0 bridgehead atoms. The highest BCUT2D eigenvalue weighted by atomic mass is 32.1. The molecule has 1 saturated heterocycles. The fourth-order valence-electron chi connectivity index (χ4n) is 5.56. The quantitative estimate of drug-likeness (QED) is 0.242. The Hall–Kier alpha value is -3.80. The van der Waals surface area contributed by atoms with Crippen LogP contribution >= 0.6 is 11.3 Å². The molecule has 5 aromatic rings. The van der Waals surface area contributed by atoms with Gasteiger partial charge in [0.1, 0.15) is 0 Å². The minimum absolute atomic E-state index is 0.0280. The molecular weight excluding hydrogens is 486 g/mol. The molecule has 5 heteroatoms. The van der Waals surface area contributed by atoms with Gasteiger partial charge in [-0.3, -0.25) is 9.69 Å². The molecule has 2 aromatic heterocycles. The van der Waals surface area contributed by atoms with E-state index in [0.717, 1.165) is 40.8 Å². The number of likely N-dealkylation sites (tertiary alicyclic amines) is 1. The molecule has 0 radical (unpaired) electrons. The largest absolute Gasteiger partial charge is 0.348 e. The number of para-hydroxylation sites is 1. The highest BCUT2D eigenvalue weighted by Gasteiger charge is 2.30. The van der Waals surface area contributed by atoms with Crippen molar-refractivity contribution in [3.8, 4) is 22.4 Å². The smallest absolute Gasteiger partial charge is 0.252 e. The van der Waals surface area contributed by atoms with Crippen molar-refractivity contribution in [2.75, 3.05) is 13.1 Å². The summed E-state index contributed by atoms with van der Waals surface area (Å²) >= 11 is 1.77. The Morgan fingerprint density at radius 3 is 2.26 bits per heavy atom. The summed E-state index contributed by atoms with van der Waals surface area (Å²) in [5.41, 5.74) is 5.61. The fraction of sp³-hybridized carbons (Fsp3) is 0.212. The SMILES string of the molecule is CC(NC(=O)c1cc(-c2ccc(-c3ccccc3)cc2)nc2ccccc12)C(c1cccs1)N1CCCC1. The van der Waals surface area contributed by atoms with Gasteiger partial charge in [-0.2, -0.15) is 0 Å². The first-order valence-corrected chi connectivity index (χ1v) is 14.2. The molecule has 190 valence electrons. The normalized spacial score (nSPS) is 15.4. The number of carbonyl (C=O) groups is 1. The lowest BCUT2D eigenvalue weighted by Gasteiger charge is -2.32. The fourth-order valence-corrected chi connectivity index (χ4v) is 6.52. The highest BCUT2D eigenvalue weighted by Crippen LogP contribution is 2.32. The van der Waals surface area contributed by atoms with Crippen LogP contribution in [0.5, 0.6) is 0 Å². The van der Waals surface area contributed by atoms with Gasteiger partial charge in [0.05, 0.1) is 22.8 Å². The third-order valence-electron chi connectivity index (χ3n) is 7.45. The second-order valence-electron chi connectivity index (χ2n) is 9.98. The van der Waals surface area contributed by atoms with Crippen LogP contribution in [0.2, 0.25) is 0 Å². The molecule has 0 aliphatic carbocycles. The minimum atomic E-state index is -0.0565. The second kappa shape index (κ2) is 10.9. The molecule has 0 spiro atoms. The van der Waals surface area contributed by atoms with E-state index in [9.17, 15) is 4.79 Å². The van der Waals surface area contributed by atoms with E-state index in [1.807, 2.05) is 48.5 Å². The molecule has 3 aromatic carbocycles. The second-order valence-corrected chi connectivity index (χ2v) is 11.0. The molecule has 1 amide bonds. The number of nitrogens with zero attached hydrogens (tertiary/aromatic N) is 2. The van der Waals surface area contributed by atoms with Gasteiger partial charge in [-0.1, -0.05) is 78.9 Å². The van der Waals surface area contributed by atoms with Crippen molar-refractivity contribution in [2.24, 2.45) is 0 Å². The van der Waals surface area contributed by atoms with Crippen LogP contribution in [-0.2, 0) is 0 Å². The lowest BCUT2D eigenvalue weighted by Crippen LogP contribution is -2.43. The summed E-state index contributed by atoms with van der Waals surface area (Å²) in [5, 5.41) is 6.36. The Bertz CT molecular complexity index is 1520. The summed E-state index contributed by atoms with van der Waals surface area (Å²) in [7, 11) is 0. The Labute approximate surface area is 228 Å². The maximum Gasteiger partial charge on any atom is 0.252 e. The minimum Gasteiger partial charge on any atom is -0.348 e. The van der Waals surface area contributed by atoms with Crippen LogP contribution in [0, 0.1) is 0 Å². The van der Waals surface area contributed by atoms with Crippen molar-refractivity contribution in [2.45, 2.75) is 31.8 Å². The molecule has 1 N–H and O–H groups in total. The van der Waals surface area contributed by atoms with Crippen LogP contribution in [-0.4, -0.2) is 34.9 Å². The molecular formula is C33H31N3OS. The van der Waals surface area contributed by atoms with Crippen molar-refractivity contribution >= 4 is 28.1 Å². The van der Waals surface area contributed by atoms with Gasteiger partial charge in [0, 0.05) is 21.9 Å². The number of benzene rings is 3. The lowest BCUT2D eigenvalue weighted by molar-refractivity contribution is 0.0909. The van der Waals surface area contributed by atoms with Gasteiger partial charge in [-0.25, -0.2) is 4.98 Å². The highest BCUT2D eigenvalue weighted by molar-refractivity contribution is 7.10. The summed E-state index contributed by atoms with van der Waals surface area (Å²) in [6.45, 7) is 4.28. The monoisotopic (exact) mass is 517 g/mol. The Balaban J connectivity index is 1.32. The zero-order valence-electron chi connectivity index (χ0n) is 21.5. The molecule has 4 nitrogen and oxygen atoms in total. The molecule has 2 unspecified atom stereocenters. The van der Waals surface area contributed by atoms with Crippen LogP contribution in [0.4, 0.5) is 0 Å². The van der Waals surface area contributed by atoms with Gasteiger partial charge in [0.25, 0.3) is 5.91 Å². The first kappa shape index (κ1) is 24.5. The molecule has 0 saturated carbocycles. The zero-order chi connectivity index (χ0) is 25.9. The predicted octanol–water partition coefficient (Wildman–Crippen LogP) is 7.59. The van der Waals surface area contributed by atoms with Crippen molar-refractivity contribution < 1.29 is 4.79 Å². The van der Waals surface area contributed by atoms with E-state index in [-0.39, 0.29) is 18.0 Å². The van der Waals surface area contributed by atoms with Crippen molar-refractivity contribution in [1.29, 1.82) is 0 Å². The maximum absolute atomic E-state index is 13.8. The number of aromatic nitrogens is 1. The topological polar surface area (TPSA) is 45.2 Å². The summed E-state index contributed by atoms with van der Waals surface area (Å²) in [4.78, 5) is 22.6. The van der Waals surface area contributed by atoms with Gasteiger partial charge in [-0.05, 0) is 67.6 Å². The molecule has 2 atom stereocenters. The molecule has 6 rings (SSSR count). The molecule has 38 heavy (non-hydrogen) atoms. The number of carbonyl (C=O) groups excluding carboxylic acids is 1. The number of thiophene rings is 1. The Morgan fingerprint density at radius 1 is 0.842 bits per heavy atom. The number of amides is 1. The zero-order valence-corrected chi connectivity index (χ0v) is 22.3. The van der Waals surface area contributed by atoms with Crippen molar-refractivity contribution in [3.05, 3.63) is 113 Å². The van der Waals surface area contributed by atoms with Crippen LogP contribution in [0.15, 0.2) is 102 Å². The molecule has 1 aliphatic rings. The standard InChI is InChI=1S/C33H31N3OS/c1-23(32(31-14-9-21-38-31)36-19-7-8-20-36)34-33(37)28-22-30(35-29-13-6-5-12-27(28)29)26-17-15-25(16-18-26)24-10-3-2-4-11-24/h2-6,9-18,21-23,32H,7-8,19-20H2,1H3,(H,34,37). The van der Waals surface area contributed by atoms with Crippen LogP contribution in [0.25, 0.3) is 33.3 Å². The third-order valence-corrected chi connectivity index (χ3v) is 8.39. The average Bonchev–Trinajstić information content (AvgIpc) is 3.69. The van der Waals surface area contributed by atoms with Gasteiger partial charge in [-0.15, -0.1) is 11.3 Å². The van der Waals surface area contributed by atoms with Gasteiger partial charge in [0.15, 0.2) is 0 Å². The number of hydrogen-bond donors (Lipinski definition) is 1. The van der Waals surface area contributed by atoms with E-state index in [0.29, 0.717) is 5.56 Å². The summed E-state index contributed by atoms with van der Waals surface area (Å²) < 4.78 is 0. The van der Waals surface area contributed by atoms with Crippen LogP contribution in [0.3, 0.4) is 0 Å². The summed E-state index contributed by atoms with van der Waals surface area (Å²) in [6.07, 6.45) is 2.42. The van der Waals surface area contributed by atoms with Crippen LogP contribution in [0.1, 0.15) is 41.0 Å². The average molecular weight is 518 g/mol. The number of pyridine rings is 1. The lowest BCUT2D eigenvalue weighted by atomic mass is 10.00. The van der Waals surface area contributed by atoms with E-state index in [4.69, 9.17) is 4.98 Å². The first-order chi connectivity index (χ1) is 18.7. The predicted molar refractivity (Wildman–Crippen MR) is 157 cm³/mol. The van der Waals surface area contributed by atoms with E-state index < -0.39 is 0 Å². The van der Waals surface area contributed by atoms with Gasteiger partial charge in [0.2, 0.25) is 0 Å². The van der Waals surface area contributed by atoms with Gasteiger partial charge < -0.3 is 5.32 Å². The van der Waals surface area contributed by atoms with E-state index in [2.05, 4.69) is 71.1 Å². The van der Waals surface area contributed by atoms with E-state index in [1.54, 1.807) is 11.3 Å². The maximum atomic E-state index is 13.8. The number of rotatable bonds is 7. The van der Waals surface area contributed by atoms with Gasteiger partial charge >= 0.3 is 0 Å². The van der Waals surface area contributed by atoms with Crippen molar-refractivity contribution in [1.82, 2.24) is 15.2 Å². The van der Waals surface area contributed by atoms with E-state index in [1.165, 1.54) is 23.3 Å². The molecule has 1 aliphatic heterocycles. The Morgan fingerprint density at radius 2 is 1.53 bits per heavy atom. The van der Waals surface area contributed by atoms with E-state index >= 15 is 0 Å². The summed E-state index contributed by atoms with van der Waals surface area (Å²) in [6, 6.07) is 33.0. The van der Waals surface area contributed by atoms with Crippen LogP contribution < -0.4 is 5.32 Å². The Kier molecular flexibility index (Phi) is 7.04. The molecule has 1 fully saturated rings. The number of hydrogen-bond acceptors (Lipinski definition) is 4. The first-order valence-electron chi connectivity index (χ1n) is 13.3. The number of nitrogens with one attached hydrogen (secondary N) is 1. The van der Waals surface area contributed by atoms with Crippen molar-refractivity contribution in [3.63, 3.8) is 0 Å². The third kappa shape index (κ3) is 5.00. The summed E-state index contributed by atoms with van der Waals surface area (Å²) in [5.74, 6) is -0.0565. The number of fused-ring (bicyclic) bond motifs is 1.